The van der Waals surface area contributed by atoms with Crippen LogP contribution in [0.1, 0.15) is 23.8 Å². The molecule has 0 aliphatic carbocycles. The van der Waals surface area contributed by atoms with Gasteiger partial charge in [-0.2, -0.15) is 5.10 Å². The summed E-state index contributed by atoms with van der Waals surface area (Å²) in [6.45, 7) is 3.51. The molecule has 0 spiro atoms. The van der Waals surface area contributed by atoms with Gasteiger partial charge in [0.25, 0.3) is 0 Å². The van der Waals surface area contributed by atoms with Gasteiger partial charge in [-0.05, 0) is 25.5 Å². The maximum atomic E-state index is 4.44. The molecule has 1 atom stereocenters. The van der Waals surface area contributed by atoms with E-state index in [1.807, 2.05) is 48.1 Å². The number of nitrogens with zero attached hydrogens (tertiary/aromatic N) is 6. The van der Waals surface area contributed by atoms with Crippen molar-refractivity contribution in [2.24, 2.45) is 0 Å². The van der Waals surface area contributed by atoms with Crippen LogP contribution in [0.15, 0.2) is 36.5 Å². The second kappa shape index (κ2) is 5.92. The molecule has 0 saturated carbocycles. The van der Waals surface area contributed by atoms with E-state index in [1.165, 1.54) is 0 Å². The first kappa shape index (κ1) is 14.1. The van der Waals surface area contributed by atoms with Crippen molar-refractivity contribution in [3.05, 3.63) is 53.9 Å². The summed E-state index contributed by atoms with van der Waals surface area (Å²) in [5, 5.41) is 16.4. The molecular weight excluding hydrogens is 290 g/mol. The Bertz CT molecular complexity index is 790. The average Bonchev–Trinajstić information content (AvgIpc) is 3.18. The van der Waals surface area contributed by atoms with Crippen LogP contribution in [0.5, 0.6) is 0 Å². The minimum atomic E-state index is 0.394. The summed E-state index contributed by atoms with van der Waals surface area (Å²) in [6.07, 6.45) is 4.01. The molecule has 1 aromatic carbocycles. The Labute approximate surface area is 134 Å². The van der Waals surface area contributed by atoms with E-state index in [0.29, 0.717) is 12.6 Å². The van der Waals surface area contributed by atoms with Crippen LogP contribution in [-0.2, 0) is 19.5 Å². The van der Waals surface area contributed by atoms with Gasteiger partial charge >= 0.3 is 0 Å². The van der Waals surface area contributed by atoms with Crippen LogP contribution in [0.4, 0.5) is 0 Å². The predicted octanol–water partition coefficient (Wildman–Crippen LogP) is 1.27. The second-order valence-electron chi connectivity index (χ2n) is 5.86. The number of aryl methyl sites for hydroxylation is 2. The summed E-state index contributed by atoms with van der Waals surface area (Å²) in [6, 6.07) is 10.4. The summed E-state index contributed by atoms with van der Waals surface area (Å²) in [5.74, 6) is 1.95. The lowest BCUT2D eigenvalue weighted by Gasteiger charge is -2.23. The fourth-order valence-corrected chi connectivity index (χ4v) is 2.94. The molecule has 2 aromatic heterocycles. The molecule has 7 nitrogen and oxygen atoms in total. The van der Waals surface area contributed by atoms with Gasteiger partial charge in [0.05, 0.1) is 24.1 Å². The molecule has 0 radical (unpaired) electrons. The third-order valence-corrected chi connectivity index (χ3v) is 4.10. The van der Waals surface area contributed by atoms with Gasteiger partial charge in [0.2, 0.25) is 0 Å². The number of aromatic nitrogens is 6. The molecule has 7 heteroatoms. The quantitative estimate of drug-likeness (QED) is 0.786. The van der Waals surface area contributed by atoms with E-state index in [9.17, 15) is 0 Å². The molecule has 0 bridgehead atoms. The Morgan fingerprint density at radius 2 is 2.13 bits per heavy atom. The van der Waals surface area contributed by atoms with Gasteiger partial charge in [-0.25, -0.2) is 14.3 Å². The number of hydrogen-bond acceptors (Lipinski definition) is 5. The van der Waals surface area contributed by atoms with E-state index in [2.05, 4.69) is 25.7 Å². The van der Waals surface area contributed by atoms with E-state index in [1.54, 1.807) is 4.68 Å². The first-order valence-electron chi connectivity index (χ1n) is 7.88. The SMILES string of the molecule is Cc1nc2n(n1)CC(NCc1cn(-c3ccccc3)nn1)CC2. The lowest BCUT2D eigenvalue weighted by atomic mass is 10.1. The highest BCUT2D eigenvalue weighted by atomic mass is 15.4. The summed E-state index contributed by atoms with van der Waals surface area (Å²) >= 11 is 0. The normalized spacial score (nSPS) is 17.2. The van der Waals surface area contributed by atoms with Crippen molar-refractivity contribution in [3.8, 4) is 5.69 Å². The van der Waals surface area contributed by atoms with Crippen molar-refractivity contribution in [2.45, 2.75) is 38.9 Å². The van der Waals surface area contributed by atoms with Gasteiger partial charge in [-0.3, -0.25) is 0 Å². The molecule has 118 valence electrons. The van der Waals surface area contributed by atoms with E-state index >= 15 is 0 Å². The molecule has 3 heterocycles. The lowest BCUT2D eigenvalue weighted by molar-refractivity contribution is 0.356. The van der Waals surface area contributed by atoms with Crippen molar-refractivity contribution < 1.29 is 0 Å². The first-order chi connectivity index (χ1) is 11.3. The molecule has 23 heavy (non-hydrogen) atoms. The average molecular weight is 309 g/mol. The molecule has 1 unspecified atom stereocenters. The molecule has 3 aromatic rings. The van der Waals surface area contributed by atoms with Gasteiger partial charge < -0.3 is 5.32 Å². The second-order valence-corrected chi connectivity index (χ2v) is 5.86. The fourth-order valence-electron chi connectivity index (χ4n) is 2.94. The summed E-state index contributed by atoms with van der Waals surface area (Å²) in [5.41, 5.74) is 1.96. The van der Waals surface area contributed by atoms with Crippen LogP contribution in [0.2, 0.25) is 0 Å². The maximum absolute atomic E-state index is 4.44. The molecule has 1 aliphatic heterocycles. The van der Waals surface area contributed by atoms with Crippen LogP contribution in [-0.4, -0.2) is 35.8 Å². The van der Waals surface area contributed by atoms with Crippen LogP contribution < -0.4 is 5.32 Å². The molecule has 0 amide bonds. The van der Waals surface area contributed by atoms with Crippen molar-refractivity contribution in [1.82, 2.24) is 35.1 Å². The third kappa shape index (κ3) is 3.00. The van der Waals surface area contributed by atoms with E-state index in [0.717, 1.165) is 42.4 Å². The van der Waals surface area contributed by atoms with E-state index in [-0.39, 0.29) is 0 Å². The first-order valence-corrected chi connectivity index (χ1v) is 7.88. The Morgan fingerprint density at radius 3 is 3.00 bits per heavy atom. The highest BCUT2D eigenvalue weighted by Gasteiger charge is 2.20. The number of fused-ring (bicyclic) bond motifs is 1. The zero-order valence-electron chi connectivity index (χ0n) is 13.1. The number of nitrogens with one attached hydrogen (secondary N) is 1. The Morgan fingerprint density at radius 1 is 1.26 bits per heavy atom. The van der Waals surface area contributed by atoms with Crippen LogP contribution in [0.3, 0.4) is 0 Å². The van der Waals surface area contributed by atoms with Crippen LogP contribution in [0.25, 0.3) is 5.69 Å². The number of para-hydroxylation sites is 1. The monoisotopic (exact) mass is 309 g/mol. The van der Waals surface area contributed by atoms with E-state index < -0.39 is 0 Å². The minimum Gasteiger partial charge on any atom is -0.306 e. The lowest BCUT2D eigenvalue weighted by Crippen LogP contribution is -2.37. The molecular formula is C16H19N7. The summed E-state index contributed by atoms with van der Waals surface area (Å²) in [4.78, 5) is 4.44. The topological polar surface area (TPSA) is 73.5 Å². The van der Waals surface area contributed by atoms with Crippen LogP contribution >= 0.6 is 0 Å². The van der Waals surface area contributed by atoms with Gasteiger partial charge in [0, 0.05) is 19.0 Å². The maximum Gasteiger partial charge on any atom is 0.147 e. The van der Waals surface area contributed by atoms with Gasteiger partial charge in [0.1, 0.15) is 11.6 Å². The largest absolute Gasteiger partial charge is 0.306 e. The van der Waals surface area contributed by atoms with Gasteiger partial charge in [-0.15, -0.1) is 5.10 Å². The molecule has 1 N–H and O–H groups in total. The minimum absolute atomic E-state index is 0.394. The molecule has 1 aliphatic rings. The van der Waals surface area contributed by atoms with Gasteiger partial charge in [0.15, 0.2) is 0 Å². The molecule has 4 rings (SSSR count). The Hall–Kier alpha value is -2.54. The Balaban J connectivity index is 1.38. The Kier molecular flexibility index (Phi) is 3.63. The zero-order chi connectivity index (χ0) is 15.6. The summed E-state index contributed by atoms with van der Waals surface area (Å²) < 4.78 is 3.81. The van der Waals surface area contributed by atoms with Crippen molar-refractivity contribution in [3.63, 3.8) is 0 Å². The van der Waals surface area contributed by atoms with Crippen molar-refractivity contribution in [1.29, 1.82) is 0 Å². The van der Waals surface area contributed by atoms with Crippen LogP contribution in [0, 0.1) is 6.92 Å². The highest BCUT2D eigenvalue weighted by molar-refractivity contribution is 5.29. The van der Waals surface area contributed by atoms with Gasteiger partial charge in [-0.1, -0.05) is 23.4 Å². The number of rotatable bonds is 4. The molecule has 0 saturated heterocycles. The van der Waals surface area contributed by atoms with Crippen molar-refractivity contribution >= 4 is 0 Å². The standard InChI is InChI=1S/C16H19N7/c1-12-18-16-8-7-13(10-23(16)20-12)17-9-14-11-22(21-19-14)15-5-3-2-4-6-15/h2-6,11,13,17H,7-10H2,1H3. The number of hydrogen-bond donors (Lipinski definition) is 1. The summed E-state index contributed by atoms with van der Waals surface area (Å²) in [7, 11) is 0. The predicted molar refractivity (Wildman–Crippen MR) is 85.1 cm³/mol. The fraction of sp³-hybridized carbons (Fsp3) is 0.375. The van der Waals surface area contributed by atoms with Crippen molar-refractivity contribution in [2.75, 3.05) is 0 Å². The zero-order valence-corrected chi connectivity index (χ0v) is 13.1. The number of benzene rings is 1. The third-order valence-electron chi connectivity index (χ3n) is 4.10. The van der Waals surface area contributed by atoms with E-state index in [4.69, 9.17) is 0 Å². The molecule has 0 fully saturated rings. The smallest absolute Gasteiger partial charge is 0.147 e. The highest BCUT2D eigenvalue weighted by Crippen LogP contribution is 2.13.